The number of aromatic nitrogens is 1. The van der Waals surface area contributed by atoms with Crippen molar-refractivity contribution in [2.75, 3.05) is 6.61 Å². The second-order valence-corrected chi connectivity index (χ2v) is 6.28. The van der Waals surface area contributed by atoms with Gasteiger partial charge >= 0.3 is 5.97 Å². The molecule has 1 aromatic heterocycles. The Balaban J connectivity index is 1.67. The Hall–Kier alpha value is -2.89. The lowest BCUT2D eigenvalue weighted by Crippen LogP contribution is -2.23. The van der Waals surface area contributed by atoms with Gasteiger partial charge in [0.25, 0.3) is 5.91 Å². The summed E-state index contributed by atoms with van der Waals surface area (Å²) >= 11 is 0. The first-order valence-corrected chi connectivity index (χ1v) is 8.23. The molecule has 0 spiro atoms. The van der Waals surface area contributed by atoms with E-state index in [1.807, 2.05) is 25.1 Å². The maximum Gasteiger partial charge on any atom is 0.354 e. The Morgan fingerprint density at radius 1 is 1.28 bits per heavy atom. The zero-order chi connectivity index (χ0) is 17.8. The lowest BCUT2D eigenvalue weighted by molar-refractivity contribution is 0.0690. The van der Waals surface area contributed by atoms with Gasteiger partial charge in [0.1, 0.15) is 11.4 Å². The fourth-order valence-corrected chi connectivity index (χ4v) is 2.40. The Kier molecular flexibility index (Phi) is 4.97. The highest BCUT2D eigenvalue weighted by molar-refractivity contribution is 5.96. The van der Waals surface area contributed by atoms with E-state index in [0.29, 0.717) is 19.1 Å². The van der Waals surface area contributed by atoms with Crippen LogP contribution in [0, 0.1) is 12.8 Å². The lowest BCUT2D eigenvalue weighted by Gasteiger charge is -2.13. The highest BCUT2D eigenvalue weighted by Gasteiger charge is 2.22. The van der Waals surface area contributed by atoms with Crippen molar-refractivity contribution in [3.05, 3.63) is 58.9 Å². The second-order valence-electron chi connectivity index (χ2n) is 6.28. The van der Waals surface area contributed by atoms with E-state index in [-0.39, 0.29) is 17.2 Å². The maximum absolute atomic E-state index is 12.3. The number of carbonyl (C=O) groups is 2. The van der Waals surface area contributed by atoms with E-state index in [1.54, 1.807) is 0 Å². The number of hydrogen-bond donors (Lipinski definition) is 2. The fourth-order valence-electron chi connectivity index (χ4n) is 2.40. The first-order valence-electron chi connectivity index (χ1n) is 8.23. The van der Waals surface area contributed by atoms with Crippen molar-refractivity contribution in [1.29, 1.82) is 0 Å². The van der Waals surface area contributed by atoms with E-state index in [0.717, 1.165) is 16.9 Å². The molecule has 1 amide bonds. The van der Waals surface area contributed by atoms with E-state index in [2.05, 4.69) is 10.3 Å². The minimum absolute atomic E-state index is 0.156. The molecule has 3 rings (SSSR count). The van der Waals surface area contributed by atoms with Gasteiger partial charge in [-0.15, -0.1) is 0 Å². The number of nitrogens with zero attached hydrogens (tertiary/aromatic N) is 1. The standard InChI is InChI=1S/C19H20N2O4/c1-12-2-5-15(17(8-12)25-11-13-3-4-13)10-21-18(22)14-6-7-20-16(9-14)19(23)24/h2,5-9,13H,3-4,10-11H2,1H3,(H,21,22)(H,23,24). The predicted molar refractivity (Wildman–Crippen MR) is 91.8 cm³/mol. The number of aryl methyl sites for hydroxylation is 1. The van der Waals surface area contributed by atoms with Crippen molar-refractivity contribution in [2.24, 2.45) is 5.92 Å². The van der Waals surface area contributed by atoms with Crippen LogP contribution in [0.2, 0.25) is 0 Å². The van der Waals surface area contributed by atoms with Gasteiger partial charge in [-0.2, -0.15) is 0 Å². The number of carbonyl (C=O) groups excluding carboxylic acids is 1. The molecule has 1 aliphatic rings. The summed E-state index contributed by atoms with van der Waals surface area (Å²) in [5.41, 5.74) is 2.10. The summed E-state index contributed by atoms with van der Waals surface area (Å²) in [7, 11) is 0. The van der Waals surface area contributed by atoms with Gasteiger partial charge in [0, 0.05) is 23.9 Å². The number of carboxylic acids is 1. The third kappa shape index (κ3) is 4.56. The monoisotopic (exact) mass is 340 g/mol. The molecular formula is C19H20N2O4. The average Bonchev–Trinajstić information content (AvgIpc) is 3.43. The molecule has 1 aromatic carbocycles. The molecule has 0 atom stereocenters. The molecule has 1 saturated carbocycles. The van der Waals surface area contributed by atoms with Crippen LogP contribution in [-0.2, 0) is 6.54 Å². The fraction of sp³-hybridized carbons (Fsp3) is 0.316. The van der Waals surface area contributed by atoms with E-state index in [4.69, 9.17) is 9.84 Å². The largest absolute Gasteiger partial charge is 0.493 e. The van der Waals surface area contributed by atoms with Crippen LogP contribution in [0.1, 0.15) is 44.8 Å². The normalized spacial score (nSPS) is 13.3. The van der Waals surface area contributed by atoms with Gasteiger partial charge in [-0.05, 0) is 49.4 Å². The Labute approximate surface area is 145 Å². The number of rotatable bonds is 7. The van der Waals surface area contributed by atoms with Crippen molar-refractivity contribution in [2.45, 2.75) is 26.3 Å². The highest BCUT2D eigenvalue weighted by Crippen LogP contribution is 2.30. The van der Waals surface area contributed by atoms with Crippen LogP contribution >= 0.6 is 0 Å². The number of pyridine rings is 1. The Bertz CT molecular complexity index is 800. The molecule has 6 nitrogen and oxygen atoms in total. The van der Waals surface area contributed by atoms with E-state index in [9.17, 15) is 9.59 Å². The molecule has 6 heteroatoms. The van der Waals surface area contributed by atoms with E-state index in [1.165, 1.54) is 31.2 Å². The number of amides is 1. The van der Waals surface area contributed by atoms with Gasteiger partial charge in [0.2, 0.25) is 0 Å². The van der Waals surface area contributed by atoms with Gasteiger partial charge in [-0.1, -0.05) is 12.1 Å². The molecular weight excluding hydrogens is 320 g/mol. The van der Waals surface area contributed by atoms with E-state index < -0.39 is 5.97 Å². The molecule has 25 heavy (non-hydrogen) atoms. The number of ether oxygens (including phenoxy) is 1. The molecule has 1 aliphatic carbocycles. The van der Waals surface area contributed by atoms with Gasteiger partial charge in [-0.3, -0.25) is 4.79 Å². The average molecular weight is 340 g/mol. The van der Waals surface area contributed by atoms with Crippen LogP contribution in [-0.4, -0.2) is 28.6 Å². The number of hydrogen-bond acceptors (Lipinski definition) is 4. The summed E-state index contributed by atoms with van der Waals surface area (Å²) < 4.78 is 5.89. The summed E-state index contributed by atoms with van der Waals surface area (Å²) in [6.07, 6.45) is 3.74. The van der Waals surface area contributed by atoms with Crippen LogP contribution in [0.25, 0.3) is 0 Å². The summed E-state index contributed by atoms with van der Waals surface area (Å²) in [4.78, 5) is 26.9. The molecule has 2 aromatic rings. The minimum Gasteiger partial charge on any atom is -0.493 e. The number of benzene rings is 1. The maximum atomic E-state index is 12.3. The third-order valence-corrected chi connectivity index (χ3v) is 4.07. The van der Waals surface area contributed by atoms with Crippen LogP contribution in [0.15, 0.2) is 36.5 Å². The van der Waals surface area contributed by atoms with Crippen molar-refractivity contribution in [1.82, 2.24) is 10.3 Å². The van der Waals surface area contributed by atoms with Crippen molar-refractivity contribution in [3.8, 4) is 5.75 Å². The molecule has 130 valence electrons. The van der Waals surface area contributed by atoms with Gasteiger partial charge in [0.05, 0.1) is 6.61 Å². The van der Waals surface area contributed by atoms with Crippen LogP contribution in [0.4, 0.5) is 0 Å². The zero-order valence-corrected chi connectivity index (χ0v) is 14.0. The summed E-state index contributed by atoms with van der Waals surface area (Å²) in [6, 6.07) is 8.63. The first-order chi connectivity index (χ1) is 12.0. The van der Waals surface area contributed by atoms with Gasteiger partial charge in [0.15, 0.2) is 0 Å². The number of nitrogens with one attached hydrogen (secondary N) is 1. The molecule has 1 fully saturated rings. The quantitative estimate of drug-likeness (QED) is 0.809. The Morgan fingerprint density at radius 2 is 2.08 bits per heavy atom. The van der Waals surface area contributed by atoms with Gasteiger partial charge < -0.3 is 15.2 Å². The zero-order valence-electron chi connectivity index (χ0n) is 14.0. The number of aromatic carboxylic acids is 1. The number of carboxylic acid groups (broad SMARTS) is 1. The van der Waals surface area contributed by atoms with Crippen molar-refractivity contribution in [3.63, 3.8) is 0 Å². The SMILES string of the molecule is Cc1ccc(CNC(=O)c2ccnc(C(=O)O)c2)c(OCC2CC2)c1. The minimum atomic E-state index is -1.16. The molecule has 2 N–H and O–H groups in total. The predicted octanol–water partition coefficient (Wildman–Crippen LogP) is 2.81. The summed E-state index contributed by atoms with van der Waals surface area (Å²) in [5.74, 6) is -0.0788. The van der Waals surface area contributed by atoms with Crippen LogP contribution in [0.5, 0.6) is 5.75 Å². The van der Waals surface area contributed by atoms with Crippen molar-refractivity contribution >= 4 is 11.9 Å². The van der Waals surface area contributed by atoms with Gasteiger partial charge in [-0.25, -0.2) is 9.78 Å². The molecule has 1 heterocycles. The lowest BCUT2D eigenvalue weighted by atomic mass is 10.1. The highest BCUT2D eigenvalue weighted by atomic mass is 16.5. The smallest absolute Gasteiger partial charge is 0.354 e. The summed E-state index contributed by atoms with van der Waals surface area (Å²) in [5, 5.41) is 11.8. The van der Waals surface area contributed by atoms with Crippen molar-refractivity contribution < 1.29 is 19.4 Å². The first kappa shape index (κ1) is 17.0. The van der Waals surface area contributed by atoms with E-state index >= 15 is 0 Å². The Morgan fingerprint density at radius 3 is 2.80 bits per heavy atom. The van der Waals surface area contributed by atoms with Crippen LogP contribution in [0.3, 0.4) is 0 Å². The molecule has 0 bridgehead atoms. The molecule has 0 saturated heterocycles. The topological polar surface area (TPSA) is 88.5 Å². The molecule has 0 unspecified atom stereocenters. The second kappa shape index (κ2) is 7.34. The van der Waals surface area contributed by atoms with Crippen LogP contribution < -0.4 is 10.1 Å². The molecule has 0 aliphatic heterocycles. The molecule has 0 radical (unpaired) electrons. The summed E-state index contributed by atoms with van der Waals surface area (Å²) in [6.45, 7) is 3.01. The third-order valence-electron chi connectivity index (χ3n) is 4.07.